The van der Waals surface area contributed by atoms with Gasteiger partial charge in [0.05, 0.1) is 11.6 Å². The van der Waals surface area contributed by atoms with E-state index in [1.165, 1.54) is 0 Å². The summed E-state index contributed by atoms with van der Waals surface area (Å²) in [6.45, 7) is 1.31. The van der Waals surface area contributed by atoms with Crippen LogP contribution in [0.4, 0.5) is 0 Å². The van der Waals surface area contributed by atoms with Gasteiger partial charge in [0.15, 0.2) is 0 Å². The fourth-order valence-electron chi connectivity index (χ4n) is 1.56. The second-order valence-corrected chi connectivity index (χ2v) is 5.52. The molecule has 0 saturated heterocycles. The molecule has 0 saturated carbocycles. The number of carboxylic acids is 1. The van der Waals surface area contributed by atoms with Crippen LogP contribution in [0.2, 0.25) is 0 Å². The lowest BCUT2D eigenvalue weighted by Crippen LogP contribution is -2.16. The summed E-state index contributed by atoms with van der Waals surface area (Å²) in [4.78, 5) is 10.4. The third kappa shape index (κ3) is 4.96. The monoisotopic (exact) mass is 379 g/mol. The van der Waals surface area contributed by atoms with Crippen molar-refractivity contribution >= 4 is 37.8 Å². The van der Waals surface area contributed by atoms with Gasteiger partial charge < -0.3 is 15.2 Å². The first kappa shape index (κ1) is 15.5. The molecule has 2 N–H and O–H groups in total. The maximum Gasteiger partial charge on any atom is 0.303 e. The van der Waals surface area contributed by atoms with E-state index in [1.54, 1.807) is 7.11 Å². The molecule has 6 heteroatoms. The second kappa shape index (κ2) is 7.76. The smallest absolute Gasteiger partial charge is 0.303 e. The summed E-state index contributed by atoms with van der Waals surface area (Å²) in [6, 6.07) is 3.90. The topological polar surface area (TPSA) is 58.6 Å². The molecule has 4 nitrogen and oxygen atoms in total. The fraction of sp³-hybridized carbons (Fsp3) is 0.417. The van der Waals surface area contributed by atoms with Gasteiger partial charge in [0, 0.05) is 23.0 Å². The molecule has 0 atom stereocenters. The van der Waals surface area contributed by atoms with E-state index in [2.05, 4.69) is 37.2 Å². The van der Waals surface area contributed by atoms with Crippen LogP contribution in [-0.4, -0.2) is 24.7 Å². The Kier molecular flexibility index (Phi) is 6.67. The number of hydrogen-bond donors (Lipinski definition) is 2. The fourth-order valence-corrected chi connectivity index (χ4v) is 3.04. The zero-order valence-corrected chi connectivity index (χ0v) is 13.2. The minimum absolute atomic E-state index is 0.187. The Balaban J connectivity index is 2.53. The summed E-state index contributed by atoms with van der Waals surface area (Å²) < 4.78 is 7.18. The third-order valence-corrected chi connectivity index (χ3v) is 3.40. The first-order chi connectivity index (χ1) is 8.54. The van der Waals surface area contributed by atoms with Crippen LogP contribution in [0.3, 0.4) is 0 Å². The average Bonchev–Trinajstić information content (AvgIpc) is 2.27. The SMILES string of the molecule is COc1c(Br)cc(Br)cc1CNCCCC(=O)O. The van der Waals surface area contributed by atoms with E-state index in [4.69, 9.17) is 9.84 Å². The van der Waals surface area contributed by atoms with Crippen LogP contribution in [0, 0.1) is 0 Å². The van der Waals surface area contributed by atoms with Crippen LogP contribution >= 0.6 is 31.9 Å². The van der Waals surface area contributed by atoms with Crippen molar-refractivity contribution in [3.05, 3.63) is 26.6 Å². The molecule has 100 valence electrons. The first-order valence-electron chi connectivity index (χ1n) is 5.49. The van der Waals surface area contributed by atoms with Crippen LogP contribution < -0.4 is 10.1 Å². The Morgan fingerprint density at radius 2 is 2.17 bits per heavy atom. The lowest BCUT2D eigenvalue weighted by Gasteiger charge is -2.12. The number of halogens is 2. The molecular weight excluding hydrogens is 366 g/mol. The van der Waals surface area contributed by atoms with Crippen molar-refractivity contribution in [2.75, 3.05) is 13.7 Å². The average molecular weight is 381 g/mol. The van der Waals surface area contributed by atoms with Gasteiger partial charge in [-0.15, -0.1) is 0 Å². The van der Waals surface area contributed by atoms with Crippen LogP contribution in [0.15, 0.2) is 21.1 Å². The van der Waals surface area contributed by atoms with Gasteiger partial charge in [0.1, 0.15) is 5.75 Å². The number of carboxylic acid groups (broad SMARTS) is 1. The number of benzene rings is 1. The Labute approximate surface area is 123 Å². The minimum Gasteiger partial charge on any atom is -0.495 e. The molecular formula is C12H15Br2NO3. The van der Waals surface area contributed by atoms with Gasteiger partial charge in [-0.1, -0.05) is 15.9 Å². The summed E-state index contributed by atoms with van der Waals surface area (Å²) in [6.07, 6.45) is 0.805. The molecule has 0 bridgehead atoms. The molecule has 18 heavy (non-hydrogen) atoms. The Hall–Kier alpha value is -0.590. The van der Waals surface area contributed by atoms with Crippen molar-refractivity contribution < 1.29 is 14.6 Å². The number of nitrogens with one attached hydrogen (secondary N) is 1. The Bertz CT molecular complexity index is 424. The summed E-state index contributed by atoms with van der Waals surface area (Å²) in [5, 5.41) is 11.7. The van der Waals surface area contributed by atoms with Crippen molar-refractivity contribution in [2.24, 2.45) is 0 Å². The van der Waals surface area contributed by atoms with E-state index in [-0.39, 0.29) is 6.42 Å². The molecule has 0 fully saturated rings. The highest BCUT2D eigenvalue weighted by atomic mass is 79.9. The normalized spacial score (nSPS) is 10.4. The predicted octanol–water partition coefficient (Wildman–Crippen LogP) is 3.17. The number of ether oxygens (including phenoxy) is 1. The van der Waals surface area contributed by atoms with E-state index in [9.17, 15) is 4.79 Å². The number of rotatable bonds is 7. The third-order valence-electron chi connectivity index (χ3n) is 2.35. The molecule has 0 amide bonds. The summed E-state index contributed by atoms with van der Waals surface area (Å²) in [5.41, 5.74) is 1.02. The van der Waals surface area contributed by atoms with Gasteiger partial charge in [0.2, 0.25) is 0 Å². The second-order valence-electron chi connectivity index (χ2n) is 3.75. The Morgan fingerprint density at radius 3 is 2.78 bits per heavy atom. The Morgan fingerprint density at radius 1 is 1.44 bits per heavy atom. The molecule has 0 radical (unpaired) electrons. The maximum absolute atomic E-state index is 10.4. The van der Waals surface area contributed by atoms with Gasteiger partial charge in [0.25, 0.3) is 0 Å². The maximum atomic E-state index is 10.4. The van der Waals surface area contributed by atoms with Crippen molar-refractivity contribution in [2.45, 2.75) is 19.4 Å². The summed E-state index contributed by atoms with van der Waals surface area (Å²) in [7, 11) is 1.63. The lowest BCUT2D eigenvalue weighted by molar-refractivity contribution is -0.137. The molecule has 1 rings (SSSR count). The first-order valence-corrected chi connectivity index (χ1v) is 7.07. The van der Waals surface area contributed by atoms with E-state index >= 15 is 0 Å². The molecule has 0 aromatic heterocycles. The van der Waals surface area contributed by atoms with Crippen molar-refractivity contribution in [3.8, 4) is 5.75 Å². The van der Waals surface area contributed by atoms with Crippen LogP contribution in [-0.2, 0) is 11.3 Å². The number of methoxy groups -OCH3 is 1. The highest BCUT2D eigenvalue weighted by Crippen LogP contribution is 2.32. The van der Waals surface area contributed by atoms with E-state index in [0.29, 0.717) is 19.5 Å². The van der Waals surface area contributed by atoms with Gasteiger partial charge in [-0.05, 0) is 41.0 Å². The molecule has 0 aliphatic rings. The van der Waals surface area contributed by atoms with Gasteiger partial charge in [-0.25, -0.2) is 0 Å². The van der Waals surface area contributed by atoms with Crippen LogP contribution in [0.1, 0.15) is 18.4 Å². The van der Waals surface area contributed by atoms with Crippen molar-refractivity contribution in [1.82, 2.24) is 5.32 Å². The van der Waals surface area contributed by atoms with Gasteiger partial charge in [-0.2, -0.15) is 0 Å². The largest absolute Gasteiger partial charge is 0.495 e. The summed E-state index contributed by atoms with van der Waals surface area (Å²) >= 11 is 6.87. The molecule has 0 spiro atoms. The molecule has 1 aromatic rings. The van der Waals surface area contributed by atoms with Gasteiger partial charge >= 0.3 is 5.97 Å². The molecule has 0 aliphatic carbocycles. The quantitative estimate of drug-likeness (QED) is 0.713. The molecule has 0 aliphatic heterocycles. The van der Waals surface area contributed by atoms with E-state index in [1.807, 2.05) is 12.1 Å². The highest BCUT2D eigenvalue weighted by molar-refractivity contribution is 9.11. The molecule has 0 heterocycles. The van der Waals surface area contributed by atoms with E-state index in [0.717, 1.165) is 20.3 Å². The van der Waals surface area contributed by atoms with Crippen LogP contribution in [0.5, 0.6) is 5.75 Å². The predicted molar refractivity (Wildman–Crippen MR) is 77.0 cm³/mol. The number of hydrogen-bond acceptors (Lipinski definition) is 3. The molecule has 1 aromatic carbocycles. The van der Waals surface area contributed by atoms with Gasteiger partial charge in [-0.3, -0.25) is 4.79 Å². The van der Waals surface area contributed by atoms with Crippen molar-refractivity contribution in [3.63, 3.8) is 0 Å². The van der Waals surface area contributed by atoms with Crippen molar-refractivity contribution in [1.29, 1.82) is 0 Å². The lowest BCUT2D eigenvalue weighted by atomic mass is 10.2. The molecule has 0 unspecified atom stereocenters. The van der Waals surface area contributed by atoms with Crippen LogP contribution in [0.25, 0.3) is 0 Å². The number of carbonyl (C=O) groups is 1. The standard InChI is InChI=1S/C12H15Br2NO3/c1-18-12-8(5-9(13)6-10(12)14)7-15-4-2-3-11(16)17/h5-6,15H,2-4,7H2,1H3,(H,16,17). The zero-order valence-electron chi connectivity index (χ0n) is 10.0. The summed E-state index contributed by atoms with van der Waals surface area (Å²) in [5.74, 6) is 0.0310. The minimum atomic E-state index is -0.764. The highest BCUT2D eigenvalue weighted by Gasteiger charge is 2.08. The zero-order chi connectivity index (χ0) is 13.5. The number of aliphatic carboxylic acids is 1. The van der Waals surface area contributed by atoms with E-state index < -0.39 is 5.97 Å².